The normalized spacial score (nSPS) is 26.3. The van der Waals surface area contributed by atoms with Crippen LogP contribution in [0.3, 0.4) is 0 Å². The number of anilines is 1. The van der Waals surface area contributed by atoms with E-state index in [2.05, 4.69) is 17.0 Å². The van der Waals surface area contributed by atoms with E-state index in [1.807, 2.05) is 30.4 Å². The first-order valence-corrected chi connectivity index (χ1v) is 9.68. The molecule has 0 N–H and O–H groups in total. The third-order valence-corrected chi connectivity index (χ3v) is 6.00. The van der Waals surface area contributed by atoms with Crippen LogP contribution >= 0.6 is 0 Å². The van der Waals surface area contributed by atoms with Crippen LogP contribution in [0.25, 0.3) is 0 Å². The van der Waals surface area contributed by atoms with Gasteiger partial charge in [0.2, 0.25) is 17.7 Å². The SMILES string of the molecule is C[C@@H](C(=O)N1CCN(c2ccccc2)CC1)N1C(=O)[C@H]2CC=CC[C@H]2C1=O. The van der Waals surface area contributed by atoms with Gasteiger partial charge in [-0.25, -0.2) is 0 Å². The molecular weight excluding hydrogens is 342 g/mol. The van der Waals surface area contributed by atoms with Crippen molar-refractivity contribution in [2.45, 2.75) is 25.8 Å². The third-order valence-electron chi connectivity index (χ3n) is 6.00. The van der Waals surface area contributed by atoms with Crippen molar-refractivity contribution in [1.82, 2.24) is 9.80 Å². The van der Waals surface area contributed by atoms with Crippen molar-refractivity contribution < 1.29 is 14.4 Å². The predicted octanol–water partition coefficient (Wildman–Crippen LogP) is 1.67. The van der Waals surface area contributed by atoms with Crippen LogP contribution in [0.15, 0.2) is 42.5 Å². The highest BCUT2D eigenvalue weighted by molar-refractivity contribution is 6.08. The number of carbonyl (C=O) groups is 3. The second-order valence-corrected chi connectivity index (χ2v) is 7.53. The Balaban J connectivity index is 1.40. The van der Waals surface area contributed by atoms with Gasteiger partial charge in [0, 0.05) is 31.9 Å². The molecule has 3 amide bonds. The Morgan fingerprint density at radius 2 is 1.48 bits per heavy atom. The summed E-state index contributed by atoms with van der Waals surface area (Å²) >= 11 is 0. The van der Waals surface area contributed by atoms with E-state index in [0.717, 1.165) is 18.8 Å². The lowest BCUT2D eigenvalue weighted by atomic mass is 9.85. The van der Waals surface area contributed by atoms with Crippen molar-refractivity contribution in [2.24, 2.45) is 11.8 Å². The van der Waals surface area contributed by atoms with Crippen LogP contribution in [0, 0.1) is 11.8 Å². The van der Waals surface area contributed by atoms with Gasteiger partial charge >= 0.3 is 0 Å². The summed E-state index contributed by atoms with van der Waals surface area (Å²) in [5.74, 6) is -1.06. The molecule has 2 aliphatic heterocycles. The summed E-state index contributed by atoms with van der Waals surface area (Å²) in [6, 6.07) is 9.41. The minimum atomic E-state index is -0.723. The number of carbonyl (C=O) groups excluding carboxylic acids is 3. The highest BCUT2D eigenvalue weighted by Gasteiger charge is 2.50. The van der Waals surface area contributed by atoms with Crippen molar-refractivity contribution in [2.75, 3.05) is 31.1 Å². The first-order chi connectivity index (χ1) is 13.1. The van der Waals surface area contributed by atoms with E-state index in [0.29, 0.717) is 25.9 Å². The molecular formula is C21H25N3O3. The van der Waals surface area contributed by atoms with Gasteiger partial charge in [-0.1, -0.05) is 30.4 Å². The zero-order valence-corrected chi connectivity index (χ0v) is 15.6. The van der Waals surface area contributed by atoms with Crippen LogP contribution in [0.1, 0.15) is 19.8 Å². The summed E-state index contributed by atoms with van der Waals surface area (Å²) in [6.45, 7) is 4.39. The summed E-state index contributed by atoms with van der Waals surface area (Å²) < 4.78 is 0. The van der Waals surface area contributed by atoms with Gasteiger partial charge in [-0.3, -0.25) is 19.3 Å². The number of fused-ring (bicyclic) bond motifs is 1. The average molecular weight is 367 g/mol. The molecule has 142 valence electrons. The largest absolute Gasteiger partial charge is 0.368 e. The molecule has 2 heterocycles. The lowest BCUT2D eigenvalue weighted by molar-refractivity contribution is -0.151. The van der Waals surface area contributed by atoms with Crippen molar-refractivity contribution in [3.63, 3.8) is 0 Å². The van der Waals surface area contributed by atoms with Gasteiger partial charge < -0.3 is 9.80 Å². The molecule has 0 saturated carbocycles. The van der Waals surface area contributed by atoms with E-state index in [-0.39, 0.29) is 29.6 Å². The number of hydrogen-bond donors (Lipinski definition) is 0. The molecule has 0 bridgehead atoms. The molecule has 2 fully saturated rings. The molecule has 4 rings (SSSR count). The van der Waals surface area contributed by atoms with Gasteiger partial charge in [0.05, 0.1) is 11.8 Å². The molecule has 6 heteroatoms. The molecule has 3 aliphatic rings. The number of likely N-dealkylation sites (tertiary alicyclic amines) is 1. The van der Waals surface area contributed by atoms with Crippen LogP contribution < -0.4 is 4.90 Å². The number of imide groups is 1. The third kappa shape index (κ3) is 3.13. The van der Waals surface area contributed by atoms with Crippen LogP contribution in [-0.2, 0) is 14.4 Å². The number of benzene rings is 1. The maximum Gasteiger partial charge on any atom is 0.245 e. The summed E-state index contributed by atoms with van der Waals surface area (Å²) in [6.07, 6.45) is 5.13. The molecule has 2 saturated heterocycles. The second kappa shape index (κ2) is 7.18. The van der Waals surface area contributed by atoms with Crippen LogP contribution in [-0.4, -0.2) is 59.7 Å². The lowest BCUT2D eigenvalue weighted by Crippen LogP contribution is -2.55. The molecule has 0 radical (unpaired) electrons. The number of amides is 3. The maximum atomic E-state index is 13.0. The highest BCUT2D eigenvalue weighted by atomic mass is 16.2. The Kier molecular flexibility index (Phi) is 4.72. The van der Waals surface area contributed by atoms with Crippen LogP contribution in [0.4, 0.5) is 5.69 Å². The monoisotopic (exact) mass is 367 g/mol. The summed E-state index contributed by atoms with van der Waals surface area (Å²) in [4.78, 5) is 43.7. The Morgan fingerprint density at radius 3 is 2.04 bits per heavy atom. The molecule has 3 atom stereocenters. The van der Waals surface area contributed by atoms with Crippen molar-refractivity contribution >= 4 is 23.4 Å². The Bertz CT molecular complexity index is 742. The first-order valence-electron chi connectivity index (χ1n) is 9.68. The average Bonchev–Trinajstić information content (AvgIpc) is 2.98. The van der Waals surface area contributed by atoms with Crippen molar-refractivity contribution in [3.8, 4) is 0 Å². The minimum absolute atomic E-state index is 0.129. The minimum Gasteiger partial charge on any atom is -0.368 e. The van der Waals surface area contributed by atoms with Crippen molar-refractivity contribution in [3.05, 3.63) is 42.5 Å². The fourth-order valence-corrected chi connectivity index (χ4v) is 4.41. The van der Waals surface area contributed by atoms with E-state index in [1.54, 1.807) is 11.8 Å². The molecule has 6 nitrogen and oxygen atoms in total. The summed E-state index contributed by atoms with van der Waals surface area (Å²) in [5, 5.41) is 0. The zero-order chi connectivity index (χ0) is 19.0. The van der Waals surface area contributed by atoms with Gasteiger partial charge in [0.1, 0.15) is 6.04 Å². The van der Waals surface area contributed by atoms with Gasteiger partial charge in [-0.05, 0) is 31.9 Å². The molecule has 1 aliphatic carbocycles. The number of hydrogen-bond acceptors (Lipinski definition) is 4. The van der Waals surface area contributed by atoms with Gasteiger partial charge in [0.15, 0.2) is 0 Å². The number of nitrogens with zero attached hydrogens (tertiary/aromatic N) is 3. The molecule has 27 heavy (non-hydrogen) atoms. The van der Waals surface area contributed by atoms with E-state index in [1.165, 1.54) is 4.90 Å². The quantitative estimate of drug-likeness (QED) is 0.602. The standard InChI is InChI=1S/C21H25N3O3/c1-15(24-20(26)17-9-5-6-10-18(17)21(24)27)19(25)23-13-11-22(12-14-23)16-7-3-2-4-8-16/h2-8,15,17-18H,9-14H2,1H3/t15-,17-,18+/m0/s1. The predicted molar refractivity (Wildman–Crippen MR) is 102 cm³/mol. The molecule has 0 spiro atoms. The Labute approximate surface area is 159 Å². The first kappa shape index (κ1) is 17.8. The molecule has 0 aromatic heterocycles. The smallest absolute Gasteiger partial charge is 0.245 e. The zero-order valence-electron chi connectivity index (χ0n) is 15.6. The number of para-hydroxylation sites is 1. The van der Waals surface area contributed by atoms with E-state index < -0.39 is 6.04 Å². The summed E-state index contributed by atoms with van der Waals surface area (Å²) in [7, 11) is 0. The molecule has 1 aromatic rings. The second-order valence-electron chi connectivity index (χ2n) is 7.53. The van der Waals surface area contributed by atoms with Crippen LogP contribution in [0.2, 0.25) is 0 Å². The Hall–Kier alpha value is -2.63. The molecule has 1 aromatic carbocycles. The van der Waals surface area contributed by atoms with Gasteiger partial charge in [0.25, 0.3) is 0 Å². The van der Waals surface area contributed by atoms with E-state index in [9.17, 15) is 14.4 Å². The number of piperazine rings is 1. The topological polar surface area (TPSA) is 60.9 Å². The summed E-state index contributed by atoms with van der Waals surface area (Å²) in [5.41, 5.74) is 1.15. The maximum absolute atomic E-state index is 13.0. The van der Waals surface area contributed by atoms with Gasteiger partial charge in [-0.15, -0.1) is 0 Å². The molecule has 0 unspecified atom stereocenters. The highest BCUT2D eigenvalue weighted by Crippen LogP contribution is 2.36. The number of allylic oxidation sites excluding steroid dienone is 2. The number of rotatable bonds is 3. The Morgan fingerprint density at radius 1 is 0.926 bits per heavy atom. The van der Waals surface area contributed by atoms with E-state index >= 15 is 0 Å². The van der Waals surface area contributed by atoms with E-state index in [4.69, 9.17) is 0 Å². The lowest BCUT2D eigenvalue weighted by Gasteiger charge is -2.38. The fraction of sp³-hybridized carbons (Fsp3) is 0.476. The fourth-order valence-electron chi connectivity index (χ4n) is 4.41. The van der Waals surface area contributed by atoms with Crippen molar-refractivity contribution in [1.29, 1.82) is 0 Å². The van der Waals surface area contributed by atoms with Crippen LogP contribution in [0.5, 0.6) is 0 Å². The van der Waals surface area contributed by atoms with Gasteiger partial charge in [-0.2, -0.15) is 0 Å².